The van der Waals surface area contributed by atoms with Gasteiger partial charge in [0.15, 0.2) is 17.3 Å². The van der Waals surface area contributed by atoms with Crippen LogP contribution in [0.15, 0.2) is 12.1 Å². The first kappa shape index (κ1) is 18.3. The third-order valence-electron chi connectivity index (χ3n) is 3.94. The lowest BCUT2D eigenvalue weighted by Gasteiger charge is -2.07. The Morgan fingerprint density at radius 1 is 0.818 bits per heavy atom. The van der Waals surface area contributed by atoms with Gasteiger partial charge >= 0.3 is 0 Å². The van der Waals surface area contributed by atoms with E-state index in [9.17, 15) is 20.1 Å². The molecule has 0 saturated carbocycles. The number of benzene rings is 1. The predicted molar refractivity (Wildman–Crippen MR) is 87.6 cm³/mol. The van der Waals surface area contributed by atoms with Gasteiger partial charge in [-0.2, -0.15) is 0 Å². The second-order valence-corrected chi connectivity index (χ2v) is 5.83. The summed E-state index contributed by atoms with van der Waals surface area (Å²) in [7, 11) is 0. The van der Waals surface area contributed by atoms with Crippen LogP contribution in [0.25, 0.3) is 0 Å². The number of hydrogen-bond donors (Lipinski definition) is 3. The molecule has 124 valence electrons. The average molecular weight is 308 g/mol. The maximum Gasteiger partial charge on any atom is 0.201 e. The zero-order chi connectivity index (χ0) is 16.4. The molecule has 0 saturated heterocycles. The third kappa shape index (κ3) is 5.96. The van der Waals surface area contributed by atoms with Gasteiger partial charge in [0.25, 0.3) is 0 Å². The zero-order valence-corrected chi connectivity index (χ0v) is 13.5. The Labute approximate surface area is 132 Å². The molecule has 3 N–H and O–H groups in total. The zero-order valence-electron chi connectivity index (χ0n) is 13.5. The van der Waals surface area contributed by atoms with E-state index in [1.807, 2.05) is 0 Å². The van der Waals surface area contributed by atoms with E-state index in [-0.39, 0.29) is 11.3 Å². The van der Waals surface area contributed by atoms with Crippen LogP contribution in [0.3, 0.4) is 0 Å². The minimum absolute atomic E-state index is 0.0786. The molecule has 0 aliphatic carbocycles. The Balaban J connectivity index is 2.20. The van der Waals surface area contributed by atoms with Gasteiger partial charge in [-0.15, -0.1) is 0 Å². The number of phenols is 3. The molecule has 0 heterocycles. The van der Waals surface area contributed by atoms with Crippen LogP contribution in [0, 0.1) is 0 Å². The molecule has 0 unspecified atom stereocenters. The van der Waals surface area contributed by atoms with Crippen molar-refractivity contribution in [2.75, 3.05) is 0 Å². The second-order valence-electron chi connectivity index (χ2n) is 5.83. The fraction of sp³-hybridized carbons (Fsp3) is 0.611. The second kappa shape index (κ2) is 10.1. The van der Waals surface area contributed by atoms with E-state index >= 15 is 0 Å². The molecule has 22 heavy (non-hydrogen) atoms. The Morgan fingerprint density at radius 3 is 1.95 bits per heavy atom. The summed E-state index contributed by atoms with van der Waals surface area (Å²) in [6.07, 6.45) is 11.0. The Hall–Kier alpha value is -1.71. The maximum atomic E-state index is 12.0. The van der Waals surface area contributed by atoms with Crippen LogP contribution in [-0.2, 0) is 0 Å². The first-order valence-electron chi connectivity index (χ1n) is 8.35. The molecule has 0 radical (unpaired) electrons. The fourth-order valence-electron chi connectivity index (χ4n) is 2.52. The Kier molecular flexibility index (Phi) is 8.41. The van der Waals surface area contributed by atoms with Crippen LogP contribution in [0.1, 0.15) is 81.5 Å². The number of phenolic OH excluding ortho intramolecular Hbond substituents is 3. The highest BCUT2D eigenvalue weighted by Gasteiger charge is 2.16. The van der Waals surface area contributed by atoms with Crippen molar-refractivity contribution in [3.8, 4) is 17.2 Å². The fourth-order valence-corrected chi connectivity index (χ4v) is 2.52. The van der Waals surface area contributed by atoms with Gasteiger partial charge in [0, 0.05) is 6.42 Å². The van der Waals surface area contributed by atoms with Gasteiger partial charge in [0.05, 0.1) is 5.56 Å². The van der Waals surface area contributed by atoms with Crippen LogP contribution in [0.4, 0.5) is 0 Å². The number of aromatic hydroxyl groups is 3. The lowest BCUT2D eigenvalue weighted by atomic mass is 10.0. The van der Waals surface area contributed by atoms with Crippen LogP contribution in [-0.4, -0.2) is 21.1 Å². The van der Waals surface area contributed by atoms with E-state index in [1.54, 1.807) is 0 Å². The summed E-state index contributed by atoms with van der Waals surface area (Å²) >= 11 is 0. The monoisotopic (exact) mass is 308 g/mol. The standard InChI is InChI=1S/C18H28O4/c1-2-3-4-5-6-7-8-9-10-11-15(19)14-12-13-16(20)18(22)17(14)21/h12-13,20-22H,2-11H2,1H3. The molecule has 4 heteroatoms. The molecular weight excluding hydrogens is 280 g/mol. The first-order valence-corrected chi connectivity index (χ1v) is 8.35. The van der Waals surface area contributed by atoms with E-state index in [4.69, 9.17) is 0 Å². The quantitative estimate of drug-likeness (QED) is 0.308. The molecule has 0 amide bonds. The number of rotatable bonds is 11. The molecule has 0 fully saturated rings. The SMILES string of the molecule is CCCCCCCCCCCC(=O)c1ccc(O)c(O)c1O. The van der Waals surface area contributed by atoms with Crippen molar-refractivity contribution >= 4 is 5.78 Å². The van der Waals surface area contributed by atoms with Crippen LogP contribution < -0.4 is 0 Å². The van der Waals surface area contributed by atoms with E-state index in [1.165, 1.54) is 50.7 Å². The van der Waals surface area contributed by atoms with Crippen molar-refractivity contribution in [2.24, 2.45) is 0 Å². The highest BCUT2D eigenvalue weighted by molar-refractivity contribution is 5.99. The summed E-state index contributed by atoms with van der Waals surface area (Å²) in [6.45, 7) is 2.21. The normalized spacial score (nSPS) is 10.8. The Bertz CT molecular complexity index is 468. The topological polar surface area (TPSA) is 77.8 Å². The lowest BCUT2D eigenvalue weighted by Crippen LogP contribution is -1.99. The van der Waals surface area contributed by atoms with Gasteiger partial charge in [-0.05, 0) is 18.6 Å². The van der Waals surface area contributed by atoms with Gasteiger partial charge < -0.3 is 15.3 Å². The largest absolute Gasteiger partial charge is 0.504 e. The molecule has 0 aromatic heterocycles. The molecule has 1 aromatic rings. The summed E-state index contributed by atoms with van der Waals surface area (Å²) in [5.41, 5.74) is 0.0786. The van der Waals surface area contributed by atoms with Gasteiger partial charge in [0.2, 0.25) is 5.75 Å². The van der Waals surface area contributed by atoms with E-state index in [0.29, 0.717) is 6.42 Å². The summed E-state index contributed by atoms with van der Waals surface area (Å²) in [5, 5.41) is 28.3. The smallest absolute Gasteiger partial charge is 0.201 e. The summed E-state index contributed by atoms with van der Waals surface area (Å²) in [6, 6.07) is 2.57. The first-order chi connectivity index (χ1) is 10.6. The lowest BCUT2D eigenvalue weighted by molar-refractivity contribution is 0.0975. The van der Waals surface area contributed by atoms with Gasteiger partial charge in [0.1, 0.15) is 0 Å². The number of Topliss-reactive ketones (excluding diaryl/α,β-unsaturated/α-hetero) is 1. The molecule has 1 aromatic carbocycles. The molecule has 0 aliphatic heterocycles. The minimum atomic E-state index is -0.627. The molecule has 0 atom stereocenters. The number of carbonyl (C=O) groups is 1. The molecule has 1 rings (SSSR count). The minimum Gasteiger partial charge on any atom is -0.504 e. The van der Waals surface area contributed by atoms with Crippen molar-refractivity contribution in [1.82, 2.24) is 0 Å². The van der Waals surface area contributed by atoms with Crippen molar-refractivity contribution < 1.29 is 20.1 Å². The molecule has 0 aliphatic rings. The molecule has 0 bridgehead atoms. The number of ketones is 1. The van der Waals surface area contributed by atoms with E-state index < -0.39 is 17.2 Å². The predicted octanol–water partition coefficient (Wildman–Crippen LogP) is 4.91. The highest BCUT2D eigenvalue weighted by Crippen LogP contribution is 2.37. The molecular formula is C18H28O4. The summed E-state index contributed by atoms with van der Waals surface area (Å²) in [5.74, 6) is -1.77. The van der Waals surface area contributed by atoms with Crippen LogP contribution in [0.5, 0.6) is 17.2 Å². The van der Waals surface area contributed by atoms with Crippen molar-refractivity contribution in [3.05, 3.63) is 17.7 Å². The Morgan fingerprint density at radius 2 is 1.36 bits per heavy atom. The van der Waals surface area contributed by atoms with E-state index in [2.05, 4.69) is 6.92 Å². The number of unbranched alkanes of at least 4 members (excludes halogenated alkanes) is 8. The van der Waals surface area contributed by atoms with Gasteiger partial charge in [-0.1, -0.05) is 58.3 Å². The highest BCUT2D eigenvalue weighted by atomic mass is 16.3. The van der Waals surface area contributed by atoms with Crippen LogP contribution in [0.2, 0.25) is 0 Å². The average Bonchev–Trinajstić information content (AvgIpc) is 2.51. The third-order valence-corrected chi connectivity index (χ3v) is 3.94. The maximum absolute atomic E-state index is 12.0. The summed E-state index contributed by atoms with van der Waals surface area (Å²) in [4.78, 5) is 12.0. The van der Waals surface area contributed by atoms with Gasteiger partial charge in [-0.3, -0.25) is 4.79 Å². The molecule has 0 spiro atoms. The summed E-state index contributed by atoms with van der Waals surface area (Å²) < 4.78 is 0. The van der Waals surface area contributed by atoms with Gasteiger partial charge in [-0.25, -0.2) is 0 Å². The van der Waals surface area contributed by atoms with E-state index in [0.717, 1.165) is 19.3 Å². The number of carbonyl (C=O) groups excluding carboxylic acids is 1. The van der Waals surface area contributed by atoms with Crippen molar-refractivity contribution in [3.63, 3.8) is 0 Å². The number of hydrogen-bond acceptors (Lipinski definition) is 4. The molecule has 4 nitrogen and oxygen atoms in total. The van der Waals surface area contributed by atoms with Crippen LogP contribution >= 0.6 is 0 Å². The van der Waals surface area contributed by atoms with Crippen molar-refractivity contribution in [1.29, 1.82) is 0 Å². The van der Waals surface area contributed by atoms with Crippen molar-refractivity contribution in [2.45, 2.75) is 71.1 Å².